The van der Waals surface area contributed by atoms with Crippen molar-refractivity contribution in [2.24, 2.45) is 0 Å². The van der Waals surface area contributed by atoms with Crippen molar-refractivity contribution in [2.45, 2.75) is 0 Å². The first-order valence-electron chi connectivity index (χ1n) is 2.25. The summed E-state index contributed by atoms with van der Waals surface area (Å²) in [5, 5.41) is 0. The van der Waals surface area contributed by atoms with Crippen molar-refractivity contribution < 1.29 is 8.19 Å². The van der Waals surface area contributed by atoms with Crippen LogP contribution in [0.15, 0.2) is 23.1 Å². The number of allylic oxidation sites excluding steroid dienone is 3. The van der Waals surface area contributed by atoms with Crippen LogP contribution in [-0.2, 0) is 0 Å². The Morgan fingerprint density at radius 3 is 2.00 bits per heavy atom. The van der Waals surface area contributed by atoms with Crippen LogP contribution in [-0.4, -0.2) is 26.8 Å². The van der Waals surface area contributed by atoms with Gasteiger partial charge in [-0.05, 0) is 0 Å². The number of rotatable bonds is 0. The van der Waals surface area contributed by atoms with Gasteiger partial charge in [-0.25, -0.2) is 0 Å². The average Bonchev–Trinajstić information content (AvgIpc) is 1.65. The zero-order valence-corrected chi connectivity index (χ0v) is 6.10. The summed E-state index contributed by atoms with van der Waals surface area (Å²) in [5.41, 5.74) is 0. The van der Waals surface area contributed by atoms with Gasteiger partial charge in [0.25, 0.3) is 0 Å². The Bertz CT molecular complexity index is 185. The van der Waals surface area contributed by atoms with Gasteiger partial charge >= 0.3 is 49.9 Å². The van der Waals surface area contributed by atoms with Gasteiger partial charge in [0.1, 0.15) is 0 Å². The van der Waals surface area contributed by atoms with Crippen molar-refractivity contribution >= 4 is 18.6 Å². The molecule has 44 valence electrons. The molecule has 8 heavy (non-hydrogen) atoms. The van der Waals surface area contributed by atoms with Crippen molar-refractivity contribution in [1.29, 1.82) is 0 Å². The van der Waals surface area contributed by atoms with Gasteiger partial charge in [0, 0.05) is 0 Å². The standard InChI is InChI=1S/C5H7AsO2/c7-6(8)4-2-1-3-5-6/h1-5,7-8H. The third-order valence-corrected chi connectivity index (χ3v) is 3.40. The van der Waals surface area contributed by atoms with Gasteiger partial charge in [0.2, 0.25) is 0 Å². The van der Waals surface area contributed by atoms with Crippen LogP contribution < -0.4 is 0 Å². The zero-order chi connectivity index (χ0) is 6.04. The van der Waals surface area contributed by atoms with Crippen molar-refractivity contribution in [3.63, 3.8) is 0 Å². The van der Waals surface area contributed by atoms with E-state index in [9.17, 15) is 0 Å². The predicted molar refractivity (Wildman–Crippen MR) is 34.5 cm³/mol. The topological polar surface area (TPSA) is 40.5 Å². The van der Waals surface area contributed by atoms with Gasteiger partial charge in [0.05, 0.1) is 0 Å². The molecule has 0 amide bonds. The molecule has 0 bridgehead atoms. The number of hydrogen-bond donors (Lipinski definition) is 2. The molecule has 0 atom stereocenters. The molecule has 0 spiro atoms. The van der Waals surface area contributed by atoms with Gasteiger partial charge < -0.3 is 0 Å². The summed E-state index contributed by atoms with van der Waals surface area (Å²) in [7, 11) is 0. The van der Waals surface area contributed by atoms with Crippen molar-refractivity contribution in [3.8, 4) is 0 Å². The molecule has 0 aromatic rings. The molecule has 2 nitrogen and oxygen atoms in total. The van der Waals surface area contributed by atoms with Crippen LogP contribution in [0.25, 0.3) is 0 Å². The first kappa shape index (κ1) is 5.96. The van der Waals surface area contributed by atoms with E-state index in [0.717, 1.165) is 0 Å². The normalized spacial score (nSPS) is 22.8. The molecule has 0 unspecified atom stereocenters. The molecule has 0 saturated carbocycles. The van der Waals surface area contributed by atoms with Crippen LogP contribution in [0.4, 0.5) is 0 Å². The summed E-state index contributed by atoms with van der Waals surface area (Å²) in [5.74, 6) is 0. The van der Waals surface area contributed by atoms with Crippen LogP contribution in [0.3, 0.4) is 0 Å². The summed E-state index contributed by atoms with van der Waals surface area (Å²) in [6, 6.07) is 0. The van der Waals surface area contributed by atoms with Crippen LogP contribution in [0.1, 0.15) is 0 Å². The fourth-order valence-electron chi connectivity index (χ4n) is 0.467. The quantitative estimate of drug-likeness (QED) is 0.484. The second-order valence-corrected chi connectivity index (χ2v) is 5.77. The monoisotopic (exact) mass is 174 g/mol. The molecule has 1 aliphatic heterocycles. The van der Waals surface area contributed by atoms with Crippen LogP contribution >= 0.6 is 0 Å². The fraction of sp³-hybridized carbons (Fsp3) is 0. The second-order valence-electron chi connectivity index (χ2n) is 1.58. The van der Waals surface area contributed by atoms with E-state index in [4.69, 9.17) is 8.19 Å². The van der Waals surface area contributed by atoms with E-state index in [1.54, 1.807) is 18.2 Å². The van der Waals surface area contributed by atoms with E-state index in [1.807, 2.05) is 0 Å². The summed E-state index contributed by atoms with van der Waals surface area (Å²) in [6.07, 6.45) is 5.09. The molecule has 0 aliphatic carbocycles. The molecule has 0 aromatic carbocycles. The predicted octanol–water partition coefficient (Wildman–Crippen LogP) is -0.538. The first-order valence-corrected chi connectivity index (χ1v) is 6.10. The SMILES string of the molecule is O[As]1(O)=CC=CC=C1. The molecule has 0 saturated heterocycles. The average molecular weight is 174 g/mol. The van der Waals surface area contributed by atoms with E-state index in [0.29, 0.717) is 0 Å². The van der Waals surface area contributed by atoms with Gasteiger partial charge in [-0.3, -0.25) is 0 Å². The molecule has 0 fully saturated rings. The molecule has 1 rings (SSSR count). The Balaban J connectivity index is 3.00. The molecule has 1 aliphatic rings. The van der Waals surface area contributed by atoms with Gasteiger partial charge in [-0.1, -0.05) is 0 Å². The zero-order valence-electron chi connectivity index (χ0n) is 4.23. The fourth-order valence-corrected chi connectivity index (χ4v) is 2.16. The Morgan fingerprint density at radius 2 is 1.75 bits per heavy atom. The van der Waals surface area contributed by atoms with E-state index in [2.05, 4.69) is 0 Å². The maximum absolute atomic E-state index is 8.91. The third kappa shape index (κ3) is 1.41. The molecule has 2 N–H and O–H groups in total. The summed E-state index contributed by atoms with van der Waals surface area (Å²) < 4.78 is 17.8. The van der Waals surface area contributed by atoms with Crippen LogP contribution in [0.5, 0.6) is 0 Å². The van der Waals surface area contributed by atoms with Crippen LogP contribution in [0.2, 0.25) is 0 Å². The Morgan fingerprint density at radius 1 is 1.00 bits per heavy atom. The maximum atomic E-state index is 8.91. The van der Waals surface area contributed by atoms with Crippen molar-refractivity contribution in [3.05, 3.63) is 23.1 Å². The molecule has 0 radical (unpaired) electrons. The van der Waals surface area contributed by atoms with Gasteiger partial charge in [0.15, 0.2) is 0 Å². The summed E-state index contributed by atoms with van der Waals surface area (Å²) in [6.45, 7) is 0. The van der Waals surface area contributed by atoms with Gasteiger partial charge in [-0.2, -0.15) is 0 Å². The van der Waals surface area contributed by atoms with Crippen molar-refractivity contribution in [2.75, 3.05) is 0 Å². The molecular weight excluding hydrogens is 167 g/mol. The Hall–Kier alpha value is -0.172. The Kier molecular flexibility index (Phi) is 1.47. The van der Waals surface area contributed by atoms with Crippen LogP contribution in [0, 0.1) is 0 Å². The first-order chi connectivity index (χ1) is 3.71. The summed E-state index contributed by atoms with van der Waals surface area (Å²) >= 11 is -3.28. The molecule has 3 heteroatoms. The van der Waals surface area contributed by atoms with Gasteiger partial charge in [-0.15, -0.1) is 0 Å². The minimum absolute atomic E-state index is 1.47. The molecular formula is C5H7AsO2. The molecule has 0 aromatic heterocycles. The van der Waals surface area contributed by atoms with E-state index in [1.165, 1.54) is 9.67 Å². The number of hydrogen-bond acceptors (Lipinski definition) is 2. The third-order valence-electron chi connectivity index (χ3n) is 0.833. The van der Waals surface area contributed by atoms with E-state index < -0.39 is 13.8 Å². The second kappa shape index (κ2) is 1.98. The van der Waals surface area contributed by atoms with E-state index in [-0.39, 0.29) is 0 Å². The van der Waals surface area contributed by atoms with Crippen molar-refractivity contribution in [1.82, 2.24) is 0 Å². The molecule has 1 heterocycles. The summed E-state index contributed by atoms with van der Waals surface area (Å²) in [4.78, 5) is 2.94. The minimum atomic E-state index is -3.28. The van der Waals surface area contributed by atoms with E-state index >= 15 is 0 Å². The Labute approximate surface area is 50.5 Å².